The van der Waals surface area contributed by atoms with Crippen molar-refractivity contribution in [1.82, 2.24) is 5.32 Å². The molecule has 0 saturated carbocycles. The van der Waals surface area contributed by atoms with E-state index in [-0.39, 0.29) is 6.04 Å². The van der Waals surface area contributed by atoms with Crippen LogP contribution in [0.2, 0.25) is 0 Å². The molecule has 3 heteroatoms. The second-order valence-electron chi connectivity index (χ2n) is 4.51. The lowest BCUT2D eigenvalue weighted by molar-refractivity contribution is 0.166. The number of ether oxygens (including phenoxy) is 1. The Morgan fingerprint density at radius 3 is 2.50 bits per heavy atom. The van der Waals surface area contributed by atoms with Crippen LogP contribution in [0.4, 0.5) is 0 Å². The molecule has 1 unspecified atom stereocenters. The minimum Gasteiger partial charge on any atom is -0.396 e. The molecule has 0 aliphatic rings. The van der Waals surface area contributed by atoms with Gasteiger partial charge in [0.1, 0.15) is 0 Å². The summed E-state index contributed by atoms with van der Waals surface area (Å²) in [4.78, 5) is 0. The van der Waals surface area contributed by atoms with Crippen LogP contribution < -0.4 is 5.32 Å². The van der Waals surface area contributed by atoms with E-state index in [1.165, 1.54) is 12.0 Å². The molecule has 0 spiro atoms. The van der Waals surface area contributed by atoms with E-state index in [0.29, 0.717) is 13.2 Å². The van der Waals surface area contributed by atoms with Crippen molar-refractivity contribution in [1.29, 1.82) is 0 Å². The standard InChI is InChI=1S/C15H25NO2/c1-18-13-15(14-9-5-4-6-10-14)16-11-7-2-3-8-12-17/h4-6,9-10,15-17H,2-3,7-8,11-13H2,1H3. The molecule has 1 aromatic rings. The molecule has 0 bridgehead atoms. The van der Waals surface area contributed by atoms with E-state index in [4.69, 9.17) is 9.84 Å². The van der Waals surface area contributed by atoms with Gasteiger partial charge in [0.15, 0.2) is 0 Å². The number of unbranched alkanes of at least 4 members (excludes halogenated alkanes) is 3. The van der Waals surface area contributed by atoms with Gasteiger partial charge < -0.3 is 15.2 Å². The molecular weight excluding hydrogens is 226 g/mol. The van der Waals surface area contributed by atoms with Gasteiger partial charge >= 0.3 is 0 Å². The van der Waals surface area contributed by atoms with Crippen molar-refractivity contribution in [3.63, 3.8) is 0 Å². The number of aliphatic hydroxyl groups excluding tert-OH is 1. The highest BCUT2D eigenvalue weighted by Gasteiger charge is 2.09. The van der Waals surface area contributed by atoms with Crippen LogP contribution in [0.3, 0.4) is 0 Å². The van der Waals surface area contributed by atoms with Gasteiger partial charge in [-0.15, -0.1) is 0 Å². The van der Waals surface area contributed by atoms with Crippen LogP contribution in [0.5, 0.6) is 0 Å². The van der Waals surface area contributed by atoms with Crippen LogP contribution in [0.25, 0.3) is 0 Å². The van der Waals surface area contributed by atoms with Gasteiger partial charge in [-0.1, -0.05) is 43.2 Å². The molecule has 102 valence electrons. The molecule has 3 nitrogen and oxygen atoms in total. The van der Waals surface area contributed by atoms with E-state index in [2.05, 4.69) is 29.6 Å². The van der Waals surface area contributed by atoms with E-state index in [9.17, 15) is 0 Å². The summed E-state index contributed by atoms with van der Waals surface area (Å²) in [5, 5.41) is 12.2. The van der Waals surface area contributed by atoms with Crippen LogP contribution in [0.15, 0.2) is 30.3 Å². The van der Waals surface area contributed by atoms with Gasteiger partial charge in [0.05, 0.1) is 12.6 Å². The van der Waals surface area contributed by atoms with Gasteiger partial charge in [0.25, 0.3) is 0 Å². The summed E-state index contributed by atoms with van der Waals surface area (Å²) < 4.78 is 5.26. The van der Waals surface area contributed by atoms with Crippen LogP contribution in [0, 0.1) is 0 Å². The fraction of sp³-hybridized carbons (Fsp3) is 0.600. The number of methoxy groups -OCH3 is 1. The Morgan fingerprint density at radius 1 is 1.11 bits per heavy atom. The quantitative estimate of drug-likeness (QED) is 0.628. The minimum absolute atomic E-state index is 0.272. The first-order chi connectivity index (χ1) is 8.88. The van der Waals surface area contributed by atoms with E-state index < -0.39 is 0 Å². The average Bonchev–Trinajstić information content (AvgIpc) is 2.42. The van der Waals surface area contributed by atoms with Crippen LogP contribution in [-0.4, -0.2) is 32.0 Å². The number of hydrogen-bond donors (Lipinski definition) is 2. The van der Waals surface area contributed by atoms with Crippen molar-refractivity contribution in [2.24, 2.45) is 0 Å². The fourth-order valence-corrected chi connectivity index (χ4v) is 1.99. The van der Waals surface area contributed by atoms with E-state index in [1.807, 2.05) is 6.07 Å². The van der Waals surface area contributed by atoms with Crippen molar-refractivity contribution in [3.05, 3.63) is 35.9 Å². The maximum Gasteiger partial charge on any atom is 0.0657 e. The molecule has 1 atom stereocenters. The molecule has 1 rings (SSSR count). The summed E-state index contributed by atoms with van der Waals surface area (Å²) in [5.41, 5.74) is 1.27. The van der Waals surface area contributed by atoms with Gasteiger partial charge in [-0.25, -0.2) is 0 Å². The van der Waals surface area contributed by atoms with Crippen LogP contribution in [-0.2, 0) is 4.74 Å². The van der Waals surface area contributed by atoms with Crippen molar-refractivity contribution < 1.29 is 9.84 Å². The smallest absolute Gasteiger partial charge is 0.0657 e. The lowest BCUT2D eigenvalue weighted by atomic mass is 10.1. The number of benzene rings is 1. The fourth-order valence-electron chi connectivity index (χ4n) is 1.99. The van der Waals surface area contributed by atoms with E-state index >= 15 is 0 Å². The number of aliphatic hydroxyl groups is 1. The summed E-state index contributed by atoms with van der Waals surface area (Å²) >= 11 is 0. The average molecular weight is 251 g/mol. The zero-order valence-corrected chi connectivity index (χ0v) is 11.3. The highest BCUT2D eigenvalue weighted by Crippen LogP contribution is 2.12. The molecule has 2 N–H and O–H groups in total. The van der Waals surface area contributed by atoms with Gasteiger partial charge in [0, 0.05) is 13.7 Å². The van der Waals surface area contributed by atoms with Gasteiger partial charge in [-0.05, 0) is 24.9 Å². The summed E-state index contributed by atoms with van der Waals surface area (Å²) in [5.74, 6) is 0. The second-order valence-corrected chi connectivity index (χ2v) is 4.51. The Labute approximate surface area is 110 Å². The lowest BCUT2D eigenvalue weighted by Crippen LogP contribution is -2.26. The van der Waals surface area contributed by atoms with E-state index in [1.54, 1.807) is 7.11 Å². The highest BCUT2D eigenvalue weighted by atomic mass is 16.5. The normalized spacial score (nSPS) is 12.6. The maximum atomic E-state index is 8.70. The Balaban J connectivity index is 2.26. The maximum absolute atomic E-state index is 8.70. The Kier molecular flexibility index (Phi) is 8.47. The summed E-state index contributed by atoms with van der Waals surface area (Å²) in [6.45, 7) is 2.00. The summed E-state index contributed by atoms with van der Waals surface area (Å²) in [6, 6.07) is 10.7. The van der Waals surface area contributed by atoms with E-state index in [0.717, 1.165) is 25.8 Å². The van der Waals surface area contributed by atoms with Gasteiger partial charge in [0.2, 0.25) is 0 Å². The Morgan fingerprint density at radius 2 is 1.83 bits per heavy atom. The zero-order chi connectivity index (χ0) is 13.1. The minimum atomic E-state index is 0.272. The molecule has 18 heavy (non-hydrogen) atoms. The predicted octanol–water partition coefficient (Wildman–Crippen LogP) is 2.52. The molecule has 0 aromatic heterocycles. The largest absolute Gasteiger partial charge is 0.396 e. The monoisotopic (exact) mass is 251 g/mol. The topological polar surface area (TPSA) is 41.5 Å². The molecule has 0 aliphatic carbocycles. The third-order valence-electron chi connectivity index (χ3n) is 3.01. The molecule has 0 heterocycles. The molecular formula is C15H25NO2. The summed E-state index contributed by atoms with van der Waals surface area (Å²) in [7, 11) is 1.73. The molecule has 0 fully saturated rings. The first-order valence-corrected chi connectivity index (χ1v) is 6.76. The van der Waals surface area contributed by atoms with Crippen LogP contribution >= 0.6 is 0 Å². The molecule has 0 saturated heterocycles. The molecule has 0 amide bonds. The van der Waals surface area contributed by atoms with Gasteiger partial charge in [-0.2, -0.15) is 0 Å². The SMILES string of the molecule is COCC(NCCCCCCO)c1ccccc1. The van der Waals surface area contributed by atoms with Crippen molar-refractivity contribution in [2.75, 3.05) is 26.9 Å². The first-order valence-electron chi connectivity index (χ1n) is 6.76. The highest BCUT2D eigenvalue weighted by molar-refractivity contribution is 5.18. The third-order valence-corrected chi connectivity index (χ3v) is 3.01. The van der Waals surface area contributed by atoms with Crippen LogP contribution in [0.1, 0.15) is 37.3 Å². The molecule has 0 aliphatic heterocycles. The van der Waals surface area contributed by atoms with Gasteiger partial charge in [-0.3, -0.25) is 0 Å². The van der Waals surface area contributed by atoms with Crippen molar-refractivity contribution in [3.8, 4) is 0 Å². The third kappa shape index (κ3) is 6.15. The Hall–Kier alpha value is -0.900. The lowest BCUT2D eigenvalue weighted by Gasteiger charge is -2.18. The van der Waals surface area contributed by atoms with Crippen molar-refractivity contribution in [2.45, 2.75) is 31.7 Å². The number of rotatable bonds is 10. The number of hydrogen-bond acceptors (Lipinski definition) is 3. The predicted molar refractivity (Wildman–Crippen MR) is 74.6 cm³/mol. The zero-order valence-electron chi connectivity index (χ0n) is 11.3. The number of nitrogens with one attached hydrogen (secondary N) is 1. The van der Waals surface area contributed by atoms with Crippen molar-refractivity contribution >= 4 is 0 Å². The first kappa shape index (κ1) is 15.2. The summed E-state index contributed by atoms with van der Waals surface area (Å²) in [6.07, 6.45) is 4.34. The molecule has 0 radical (unpaired) electrons. The Bertz CT molecular complexity index is 290. The second kappa shape index (κ2) is 10.1. The molecule has 1 aromatic carbocycles.